The van der Waals surface area contributed by atoms with Crippen LogP contribution in [-0.4, -0.2) is 77.1 Å². The van der Waals surface area contributed by atoms with Crippen LogP contribution in [0.3, 0.4) is 0 Å². The van der Waals surface area contributed by atoms with Crippen LogP contribution in [0, 0.1) is 0 Å². The molecule has 0 spiro atoms. The molecule has 2 aromatic carbocycles. The van der Waals surface area contributed by atoms with Crippen molar-refractivity contribution in [2.24, 2.45) is 0 Å². The molecule has 1 aliphatic rings. The van der Waals surface area contributed by atoms with Crippen molar-refractivity contribution in [3.05, 3.63) is 65.9 Å². The van der Waals surface area contributed by atoms with Gasteiger partial charge in [-0.1, -0.05) is 12.1 Å². The average Bonchev–Trinajstić information content (AvgIpc) is 2.94. The summed E-state index contributed by atoms with van der Waals surface area (Å²) in [4.78, 5) is 64.8. The second-order valence-electron chi connectivity index (χ2n) is 9.99. The van der Waals surface area contributed by atoms with Crippen LogP contribution in [0.1, 0.15) is 43.6 Å². The normalized spacial score (nSPS) is 21.1. The Bertz CT molecular complexity index is 1570. The van der Waals surface area contributed by atoms with Gasteiger partial charge in [0.25, 0.3) is 0 Å². The molecule has 0 aliphatic carbocycles. The van der Waals surface area contributed by atoms with E-state index < -0.39 is 61.2 Å². The number of phenols is 1. The minimum absolute atomic E-state index is 0.00303. The Morgan fingerprint density at radius 1 is 0.818 bits per heavy atom. The van der Waals surface area contributed by atoms with Crippen molar-refractivity contribution in [1.82, 2.24) is 4.98 Å². The molecule has 3 aromatic rings. The molecule has 0 radical (unpaired) electrons. The molecule has 1 fully saturated rings. The molecule has 1 N–H and O–H groups in total. The molecule has 2 heterocycles. The Hall–Kier alpha value is -5.04. The largest absolute Gasteiger partial charge is 0.507 e. The molecular weight excluding hydrogens is 578 g/mol. The van der Waals surface area contributed by atoms with Gasteiger partial charge >= 0.3 is 23.9 Å². The van der Waals surface area contributed by atoms with Gasteiger partial charge in [0, 0.05) is 51.8 Å². The molecule has 13 heteroatoms. The fourth-order valence-corrected chi connectivity index (χ4v) is 4.75. The summed E-state index contributed by atoms with van der Waals surface area (Å²) in [6.45, 7) is 4.05. The molecule has 0 bridgehead atoms. The highest BCUT2D eigenvalue weighted by Gasteiger charge is 2.53. The van der Waals surface area contributed by atoms with E-state index in [1.807, 2.05) is 18.2 Å². The summed E-state index contributed by atoms with van der Waals surface area (Å²) in [6, 6.07) is 13.0. The molecule has 0 amide bonds. The summed E-state index contributed by atoms with van der Waals surface area (Å²) >= 11 is 0. The van der Waals surface area contributed by atoms with Crippen molar-refractivity contribution < 1.29 is 57.5 Å². The van der Waals surface area contributed by atoms with Crippen LogP contribution < -0.4 is 4.74 Å². The van der Waals surface area contributed by atoms with Crippen LogP contribution in [0.25, 0.3) is 10.9 Å². The number of hydrogen-bond acceptors (Lipinski definition) is 13. The smallest absolute Gasteiger partial charge is 0.303 e. The highest BCUT2D eigenvalue weighted by atomic mass is 16.7. The lowest BCUT2D eigenvalue weighted by atomic mass is 9.98. The number of Topliss-reactive ketones (excluding diaryl/α,β-unsaturated/α-hetero) is 1. The van der Waals surface area contributed by atoms with Gasteiger partial charge in [-0.2, -0.15) is 0 Å². The number of rotatable bonds is 10. The predicted molar refractivity (Wildman–Crippen MR) is 150 cm³/mol. The van der Waals surface area contributed by atoms with E-state index in [1.54, 1.807) is 18.3 Å². The van der Waals surface area contributed by atoms with Crippen LogP contribution in [-0.2, 0) is 49.3 Å². The van der Waals surface area contributed by atoms with E-state index in [2.05, 4.69) is 4.98 Å². The number of pyridine rings is 1. The number of ketones is 1. The van der Waals surface area contributed by atoms with E-state index in [0.717, 1.165) is 44.2 Å². The lowest BCUT2D eigenvalue weighted by Gasteiger charge is -2.43. The molecular formula is C31H31NO12. The number of ether oxygens (including phenoxy) is 6. The molecule has 5 atom stereocenters. The van der Waals surface area contributed by atoms with Gasteiger partial charge in [0.1, 0.15) is 24.2 Å². The fraction of sp³-hybridized carbons (Fsp3) is 0.355. The zero-order valence-corrected chi connectivity index (χ0v) is 24.4. The van der Waals surface area contributed by atoms with Crippen LogP contribution in [0.4, 0.5) is 0 Å². The van der Waals surface area contributed by atoms with Crippen LogP contribution in [0.5, 0.6) is 11.5 Å². The molecule has 1 aromatic heterocycles. The molecule has 0 unspecified atom stereocenters. The standard InChI is InChI=1S/C31H31NO12/c1-16(33)39-15-27-28(40-17(2)34)29(41-18(3)35)30(42-19(4)36)31(44-27)43-22-8-9-23(26(38)14-22)25(37)13-20-7-10-24-21(12-20)6-5-11-32-24/h5-12,14,27-31,38H,13,15H2,1-4H3/t27-,28-,29+,30-,31+/m0/s1. The van der Waals surface area contributed by atoms with E-state index in [-0.39, 0.29) is 29.3 Å². The van der Waals surface area contributed by atoms with Gasteiger partial charge < -0.3 is 33.5 Å². The third kappa shape index (κ3) is 8.07. The zero-order chi connectivity index (χ0) is 32.0. The number of phenolic OH excluding ortho intramolecular Hbond substituents is 1. The Kier molecular flexibility index (Phi) is 10.1. The molecule has 44 heavy (non-hydrogen) atoms. The van der Waals surface area contributed by atoms with Crippen molar-refractivity contribution in [3.63, 3.8) is 0 Å². The van der Waals surface area contributed by atoms with Crippen molar-refractivity contribution in [2.75, 3.05) is 6.61 Å². The number of benzene rings is 2. The summed E-state index contributed by atoms with van der Waals surface area (Å²) < 4.78 is 33.0. The lowest BCUT2D eigenvalue weighted by Crippen LogP contribution is -2.63. The Balaban J connectivity index is 1.59. The molecule has 1 saturated heterocycles. The summed E-state index contributed by atoms with van der Waals surface area (Å²) in [6.07, 6.45) is -5.25. The summed E-state index contributed by atoms with van der Waals surface area (Å²) in [5, 5.41) is 11.6. The SMILES string of the molecule is CC(=O)OC[C@@H]1O[C@@H](Oc2ccc(C(=O)Cc3ccc4ncccc4c3)c(O)c2)[C@@H](OC(C)=O)[C@H](OC(C)=O)[C@H]1OC(C)=O. The number of aromatic nitrogens is 1. The molecule has 13 nitrogen and oxygen atoms in total. The van der Waals surface area contributed by atoms with Crippen molar-refractivity contribution in [3.8, 4) is 11.5 Å². The van der Waals surface area contributed by atoms with E-state index in [9.17, 15) is 29.1 Å². The number of carbonyl (C=O) groups is 5. The first-order valence-corrected chi connectivity index (χ1v) is 13.6. The summed E-state index contributed by atoms with van der Waals surface area (Å²) in [5.41, 5.74) is 1.55. The van der Waals surface area contributed by atoms with Gasteiger partial charge in [-0.3, -0.25) is 29.0 Å². The first kappa shape index (κ1) is 31.9. The monoisotopic (exact) mass is 609 g/mol. The van der Waals surface area contributed by atoms with E-state index in [1.165, 1.54) is 18.2 Å². The molecule has 232 valence electrons. The predicted octanol–water partition coefficient (Wildman–Crippen LogP) is 2.83. The maximum Gasteiger partial charge on any atom is 0.303 e. The minimum Gasteiger partial charge on any atom is -0.507 e. The van der Waals surface area contributed by atoms with E-state index >= 15 is 0 Å². The third-order valence-electron chi connectivity index (χ3n) is 6.50. The molecule has 4 rings (SSSR count). The number of fused-ring (bicyclic) bond motifs is 1. The number of nitrogens with zero attached hydrogens (tertiary/aromatic N) is 1. The van der Waals surface area contributed by atoms with Gasteiger partial charge in [0.05, 0.1) is 11.1 Å². The maximum atomic E-state index is 13.1. The minimum atomic E-state index is -1.50. The van der Waals surface area contributed by atoms with Crippen LogP contribution >= 0.6 is 0 Å². The number of carbonyl (C=O) groups excluding carboxylic acids is 5. The van der Waals surface area contributed by atoms with Gasteiger partial charge in [0.15, 0.2) is 18.0 Å². The first-order valence-electron chi connectivity index (χ1n) is 13.6. The highest BCUT2D eigenvalue weighted by molar-refractivity contribution is 6.00. The van der Waals surface area contributed by atoms with Crippen molar-refractivity contribution in [1.29, 1.82) is 0 Å². The number of hydrogen-bond donors (Lipinski definition) is 1. The number of aromatic hydroxyl groups is 1. The summed E-state index contributed by atoms with van der Waals surface area (Å²) in [5.74, 6) is -3.77. The van der Waals surface area contributed by atoms with Crippen LogP contribution in [0.15, 0.2) is 54.7 Å². The zero-order valence-electron chi connectivity index (χ0n) is 24.4. The van der Waals surface area contributed by atoms with Crippen molar-refractivity contribution >= 4 is 40.6 Å². The van der Waals surface area contributed by atoms with Gasteiger partial charge in [-0.25, -0.2) is 0 Å². The Morgan fingerprint density at radius 2 is 1.50 bits per heavy atom. The topological polar surface area (TPSA) is 174 Å². The first-order chi connectivity index (χ1) is 20.9. The van der Waals surface area contributed by atoms with E-state index in [4.69, 9.17) is 28.4 Å². The molecule has 1 aliphatic heterocycles. The van der Waals surface area contributed by atoms with Crippen molar-refractivity contribution in [2.45, 2.75) is 64.8 Å². The fourth-order valence-electron chi connectivity index (χ4n) is 4.75. The lowest BCUT2D eigenvalue weighted by molar-refractivity contribution is -0.288. The second kappa shape index (κ2) is 14.0. The number of esters is 4. The van der Waals surface area contributed by atoms with Gasteiger partial charge in [-0.05, 0) is 35.9 Å². The van der Waals surface area contributed by atoms with Gasteiger partial charge in [-0.15, -0.1) is 0 Å². The average molecular weight is 610 g/mol. The Morgan fingerprint density at radius 3 is 2.16 bits per heavy atom. The van der Waals surface area contributed by atoms with Gasteiger partial charge in [0.2, 0.25) is 12.4 Å². The second-order valence-corrected chi connectivity index (χ2v) is 9.99. The summed E-state index contributed by atoms with van der Waals surface area (Å²) in [7, 11) is 0. The highest BCUT2D eigenvalue weighted by Crippen LogP contribution is 2.33. The van der Waals surface area contributed by atoms with Crippen LogP contribution in [0.2, 0.25) is 0 Å². The third-order valence-corrected chi connectivity index (χ3v) is 6.50. The molecule has 0 saturated carbocycles. The maximum absolute atomic E-state index is 13.1. The quantitative estimate of drug-likeness (QED) is 0.202. The van der Waals surface area contributed by atoms with E-state index in [0.29, 0.717) is 0 Å². The Labute approximate surface area is 252 Å².